The zero-order valence-corrected chi connectivity index (χ0v) is 15.7. The molecule has 7 atom stereocenters. The number of hydrogen-bond acceptors (Lipinski definition) is 5. The lowest BCUT2D eigenvalue weighted by atomic mass is 9.57. The summed E-state index contributed by atoms with van der Waals surface area (Å²) in [5.74, 6) is -1.30. The molecule has 0 aromatic heterocycles. The fourth-order valence-electron chi connectivity index (χ4n) is 5.76. The smallest absolute Gasteiger partial charge is 0.312 e. The molecule has 1 aromatic rings. The summed E-state index contributed by atoms with van der Waals surface area (Å²) in [4.78, 5) is 24.7. The van der Waals surface area contributed by atoms with Crippen molar-refractivity contribution in [1.29, 1.82) is 0 Å². The highest BCUT2D eigenvalue weighted by Crippen LogP contribution is 2.60. The van der Waals surface area contributed by atoms with Crippen LogP contribution in [-0.4, -0.2) is 23.6 Å². The molecule has 146 valence electrons. The lowest BCUT2D eigenvalue weighted by Crippen LogP contribution is -2.70. The molecule has 1 aromatic carbocycles. The Kier molecular flexibility index (Phi) is 3.91. The van der Waals surface area contributed by atoms with Crippen molar-refractivity contribution in [1.82, 2.24) is 0 Å². The predicted molar refractivity (Wildman–Crippen MR) is 92.5 cm³/mol. The molecule has 0 radical (unpaired) electrons. The number of benzene rings is 1. The summed E-state index contributed by atoms with van der Waals surface area (Å²) in [6.45, 7) is 4.07. The first-order valence-corrected chi connectivity index (χ1v) is 9.91. The first kappa shape index (κ1) is 17.6. The maximum atomic E-state index is 13.7. The minimum atomic E-state index is -0.882. The van der Waals surface area contributed by atoms with Gasteiger partial charge in [0, 0.05) is 18.3 Å². The number of carbonyl (C=O) groups is 1. The third kappa shape index (κ3) is 2.57. The Morgan fingerprint density at radius 1 is 1.19 bits per heavy atom. The number of rotatable bonds is 2. The first-order chi connectivity index (χ1) is 12.9. The molecule has 5 aliphatic rings. The molecule has 1 saturated carbocycles. The van der Waals surface area contributed by atoms with Gasteiger partial charge in [0.05, 0.1) is 5.92 Å². The lowest BCUT2D eigenvalue weighted by Gasteiger charge is -2.58. The largest absolute Gasteiger partial charge is 0.432 e. The monoisotopic (exact) mass is 376 g/mol. The fourth-order valence-corrected chi connectivity index (χ4v) is 5.76. The van der Waals surface area contributed by atoms with Gasteiger partial charge in [-0.25, -0.2) is 14.2 Å². The van der Waals surface area contributed by atoms with Crippen molar-refractivity contribution in [3.8, 4) is 0 Å². The predicted octanol–water partition coefficient (Wildman–Crippen LogP) is 3.76. The van der Waals surface area contributed by atoms with E-state index >= 15 is 0 Å². The van der Waals surface area contributed by atoms with Crippen molar-refractivity contribution in [3.63, 3.8) is 0 Å². The van der Waals surface area contributed by atoms with Crippen LogP contribution in [0.15, 0.2) is 24.3 Å². The Morgan fingerprint density at radius 2 is 2.04 bits per heavy atom. The highest BCUT2D eigenvalue weighted by molar-refractivity contribution is 5.75. The van der Waals surface area contributed by atoms with Crippen molar-refractivity contribution < 1.29 is 28.4 Å². The van der Waals surface area contributed by atoms with Crippen molar-refractivity contribution in [2.45, 2.75) is 63.6 Å². The third-order valence-corrected chi connectivity index (χ3v) is 7.13. The number of esters is 1. The minimum absolute atomic E-state index is 0.0733. The van der Waals surface area contributed by atoms with Gasteiger partial charge in [0.2, 0.25) is 12.1 Å². The van der Waals surface area contributed by atoms with Gasteiger partial charge in [-0.2, -0.15) is 0 Å². The number of hydrogen-bond donors (Lipinski definition) is 0. The van der Waals surface area contributed by atoms with Crippen LogP contribution in [0.2, 0.25) is 0 Å². The van der Waals surface area contributed by atoms with Crippen molar-refractivity contribution in [2.75, 3.05) is 0 Å². The van der Waals surface area contributed by atoms with E-state index in [1.165, 1.54) is 12.1 Å². The molecule has 27 heavy (non-hydrogen) atoms. The van der Waals surface area contributed by atoms with Gasteiger partial charge in [0.15, 0.2) is 5.60 Å². The van der Waals surface area contributed by atoms with E-state index in [1.807, 2.05) is 13.0 Å². The van der Waals surface area contributed by atoms with Crippen molar-refractivity contribution in [3.05, 3.63) is 35.6 Å². The third-order valence-electron chi connectivity index (χ3n) is 7.13. The van der Waals surface area contributed by atoms with E-state index in [-0.39, 0.29) is 23.6 Å². The summed E-state index contributed by atoms with van der Waals surface area (Å²) >= 11 is 0. The molecular formula is C21H25FO5. The Hall–Kier alpha value is -1.50. The SMILES string of the molecule is C[C@@H]1CC[C@H]2[C@@H](Cc3cccc(F)c3)C(=O)O[C@@H]3O[C@]4(C)CC[C@@H]1[C@]32OO4. The maximum absolute atomic E-state index is 13.7. The second kappa shape index (κ2) is 6.00. The molecule has 1 spiro atoms. The number of carbonyl (C=O) groups excluding carboxylic acids is 1. The van der Waals surface area contributed by atoms with Crippen LogP contribution in [0.25, 0.3) is 0 Å². The highest BCUT2D eigenvalue weighted by atomic mass is 19.1. The Bertz CT molecular complexity index is 769. The molecule has 4 heterocycles. The summed E-state index contributed by atoms with van der Waals surface area (Å²) < 4.78 is 25.6. The van der Waals surface area contributed by atoms with E-state index in [2.05, 4.69) is 6.92 Å². The second-order valence-corrected chi connectivity index (χ2v) is 8.79. The average Bonchev–Trinajstić information content (AvgIpc) is 2.85. The molecule has 1 aliphatic carbocycles. The second-order valence-electron chi connectivity index (χ2n) is 8.79. The summed E-state index contributed by atoms with van der Waals surface area (Å²) in [5.41, 5.74) is 0.0117. The number of ether oxygens (including phenoxy) is 2. The zero-order chi connectivity index (χ0) is 18.8. The molecule has 5 nitrogen and oxygen atoms in total. The number of halogens is 1. The highest BCUT2D eigenvalue weighted by Gasteiger charge is 2.70. The van der Waals surface area contributed by atoms with Crippen LogP contribution >= 0.6 is 0 Å². The summed E-state index contributed by atoms with van der Waals surface area (Å²) in [7, 11) is 0. The normalized spacial score (nSPS) is 45.7. The average molecular weight is 376 g/mol. The zero-order valence-electron chi connectivity index (χ0n) is 15.7. The first-order valence-electron chi connectivity index (χ1n) is 9.91. The van der Waals surface area contributed by atoms with Gasteiger partial charge in [-0.05, 0) is 56.2 Å². The van der Waals surface area contributed by atoms with Crippen LogP contribution in [0.1, 0.15) is 45.1 Å². The van der Waals surface area contributed by atoms with Gasteiger partial charge in [-0.15, -0.1) is 0 Å². The van der Waals surface area contributed by atoms with Gasteiger partial charge in [-0.1, -0.05) is 19.1 Å². The molecule has 6 heteroatoms. The van der Waals surface area contributed by atoms with E-state index < -0.39 is 23.6 Å². The number of fused-ring (bicyclic) bond motifs is 2. The Morgan fingerprint density at radius 3 is 2.85 bits per heavy atom. The van der Waals surface area contributed by atoms with E-state index in [0.29, 0.717) is 18.8 Å². The van der Waals surface area contributed by atoms with Crippen LogP contribution in [0.5, 0.6) is 0 Å². The van der Waals surface area contributed by atoms with Gasteiger partial charge < -0.3 is 9.47 Å². The maximum Gasteiger partial charge on any atom is 0.312 e. The fraction of sp³-hybridized carbons (Fsp3) is 0.667. The standard InChI is InChI=1S/C21H25FO5/c1-12-6-7-17-15(11-13-4-3-5-14(22)10-13)18(23)24-19-21(17)16(12)8-9-20(2,25-19)26-27-21/h3-5,10,12,15-17,19H,6-9,11H2,1-2H3/t12-,15-,16+,17+,19-,20+,21-/m1/s1. The summed E-state index contributed by atoms with van der Waals surface area (Å²) in [5, 5.41) is 0. The topological polar surface area (TPSA) is 54.0 Å². The van der Waals surface area contributed by atoms with Crippen LogP contribution in [0.3, 0.4) is 0 Å². The van der Waals surface area contributed by atoms with E-state index in [9.17, 15) is 9.18 Å². The van der Waals surface area contributed by atoms with Crippen LogP contribution < -0.4 is 0 Å². The molecule has 0 N–H and O–H groups in total. The van der Waals surface area contributed by atoms with Crippen LogP contribution in [0.4, 0.5) is 4.39 Å². The summed E-state index contributed by atoms with van der Waals surface area (Å²) in [6.07, 6.45) is 3.17. The molecule has 5 fully saturated rings. The molecule has 0 unspecified atom stereocenters. The molecule has 4 aliphatic heterocycles. The molecule has 4 saturated heterocycles. The molecule has 2 bridgehead atoms. The molecule has 0 amide bonds. The van der Waals surface area contributed by atoms with Crippen molar-refractivity contribution >= 4 is 5.97 Å². The Labute approximate surface area is 158 Å². The Balaban J connectivity index is 1.54. The van der Waals surface area contributed by atoms with Crippen LogP contribution in [-0.2, 0) is 30.5 Å². The van der Waals surface area contributed by atoms with Crippen molar-refractivity contribution in [2.24, 2.45) is 23.7 Å². The van der Waals surface area contributed by atoms with Gasteiger partial charge in [0.1, 0.15) is 5.82 Å². The van der Waals surface area contributed by atoms with Crippen LogP contribution in [0, 0.1) is 29.5 Å². The molecule has 6 rings (SSSR count). The summed E-state index contributed by atoms with van der Waals surface area (Å²) in [6, 6.07) is 6.42. The van der Waals surface area contributed by atoms with E-state index in [0.717, 1.165) is 24.8 Å². The lowest BCUT2D eigenvalue weighted by molar-refractivity contribution is -0.559. The van der Waals surface area contributed by atoms with E-state index in [1.54, 1.807) is 6.07 Å². The van der Waals surface area contributed by atoms with E-state index in [4.69, 9.17) is 19.2 Å². The van der Waals surface area contributed by atoms with Gasteiger partial charge >= 0.3 is 5.97 Å². The quantitative estimate of drug-likeness (QED) is 0.581. The minimum Gasteiger partial charge on any atom is -0.432 e. The van der Waals surface area contributed by atoms with Gasteiger partial charge in [0.25, 0.3) is 0 Å². The van der Waals surface area contributed by atoms with Gasteiger partial charge in [-0.3, -0.25) is 4.79 Å². The molecular weight excluding hydrogens is 351 g/mol.